The number of fused-ring (bicyclic) bond motifs is 1. The Balaban J connectivity index is 2.24. The molecule has 4 heteroatoms. The molecule has 0 radical (unpaired) electrons. The Kier molecular flexibility index (Phi) is 3.29. The van der Waals surface area contributed by atoms with Crippen LogP contribution in [0.3, 0.4) is 0 Å². The Morgan fingerprint density at radius 1 is 1.19 bits per heavy atom. The molecule has 0 fully saturated rings. The van der Waals surface area contributed by atoms with Gasteiger partial charge in [-0.3, -0.25) is 4.79 Å². The normalized spacial score (nSPS) is 11.2. The summed E-state index contributed by atoms with van der Waals surface area (Å²) < 4.78 is 1.70. The Bertz CT molecular complexity index is 801. The van der Waals surface area contributed by atoms with E-state index in [-0.39, 0.29) is 0 Å². The molecule has 0 atom stereocenters. The minimum atomic E-state index is 0.307. The first kappa shape index (κ1) is 13.5. The summed E-state index contributed by atoms with van der Waals surface area (Å²) in [7, 11) is 0. The van der Waals surface area contributed by atoms with Crippen molar-refractivity contribution in [3.05, 3.63) is 53.3 Å². The smallest absolute Gasteiger partial charge is 0.170 e. The number of carbonyl (C=O) groups is 1. The van der Waals surface area contributed by atoms with Crippen molar-refractivity contribution in [1.29, 1.82) is 0 Å². The third-order valence-corrected chi connectivity index (χ3v) is 3.56. The van der Waals surface area contributed by atoms with Crippen molar-refractivity contribution in [2.24, 2.45) is 0 Å². The summed E-state index contributed by atoms with van der Waals surface area (Å²) in [6.07, 6.45) is 2.43. The molecule has 106 valence electrons. The highest BCUT2D eigenvalue weighted by molar-refractivity contribution is 5.74. The quantitative estimate of drug-likeness (QED) is 0.688. The van der Waals surface area contributed by atoms with E-state index in [4.69, 9.17) is 0 Å². The van der Waals surface area contributed by atoms with Gasteiger partial charge in [-0.1, -0.05) is 43.7 Å². The molecule has 0 aliphatic carbocycles. The summed E-state index contributed by atoms with van der Waals surface area (Å²) in [5.41, 5.74) is 5.42. The second-order valence-corrected chi connectivity index (χ2v) is 5.56. The van der Waals surface area contributed by atoms with E-state index in [9.17, 15) is 4.79 Å². The summed E-state index contributed by atoms with van der Waals surface area (Å²) >= 11 is 0. The molecule has 0 unspecified atom stereocenters. The largest absolute Gasteiger partial charge is 0.296 e. The van der Waals surface area contributed by atoms with Crippen molar-refractivity contribution in [2.75, 3.05) is 0 Å². The second-order valence-electron chi connectivity index (χ2n) is 5.56. The van der Waals surface area contributed by atoms with E-state index in [1.807, 2.05) is 0 Å². The summed E-state index contributed by atoms with van der Waals surface area (Å²) in [5.74, 6) is 0.307. The number of rotatable bonds is 3. The minimum absolute atomic E-state index is 0.307. The van der Waals surface area contributed by atoms with Crippen LogP contribution < -0.4 is 0 Å². The molecule has 21 heavy (non-hydrogen) atoms. The highest BCUT2D eigenvalue weighted by Gasteiger charge is 2.13. The van der Waals surface area contributed by atoms with Crippen molar-refractivity contribution in [3.8, 4) is 11.3 Å². The molecule has 4 nitrogen and oxygen atoms in total. The molecule has 0 N–H and O–H groups in total. The van der Waals surface area contributed by atoms with Gasteiger partial charge in [0, 0.05) is 11.1 Å². The van der Waals surface area contributed by atoms with Crippen molar-refractivity contribution in [2.45, 2.75) is 26.7 Å². The van der Waals surface area contributed by atoms with Gasteiger partial charge in [0.15, 0.2) is 11.9 Å². The zero-order chi connectivity index (χ0) is 15.0. The fourth-order valence-corrected chi connectivity index (χ4v) is 2.37. The number of hydrogen-bond donors (Lipinski definition) is 0. The number of aldehydes is 1. The molecule has 0 saturated carbocycles. The molecule has 0 saturated heterocycles. The van der Waals surface area contributed by atoms with E-state index in [2.05, 4.69) is 61.2 Å². The lowest BCUT2D eigenvalue weighted by molar-refractivity contribution is 0.111. The molecule has 0 bridgehead atoms. The Hall–Kier alpha value is -2.49. The number of imidazole rings is 1. The first-order chi connectivity index (χ1) is 10.1. The van der Waals surface area contributed by atoms with Crippen LogP contribution in [0.25, 0.3) is 16.9 Å². The van der Waals surface area contributed by atoms with E-state index in [0.29, 0.717) is 11.6 Å². The van der Waals surface area contributed by atoms with Gasteiger partial charge in [0.1, 0.15) is 5.69 Å². The van der Waals surface area contributed by atoms with E-state index in [1.165, 1.54) is 5.56 Å². The van der Waals surface area contributed by atoms with Crippen LogP contribution in [-0.2, 0) is 0 Å². The lowest BCUT2D eigenvalue weighted by Gasteiger charge is -2.10. The van der Waals surface area contributed by atoms with Gasteiger partial charge in [0.25, 0.3) is 0 Å². The van der Waals surface area contributed by atoms with Crippen LogP contribution in [-0.4, -0.2) is 20.9 Å². The number of hydrogen-bond acceptors (Lipinski definition) is 3. The van der Waals surface area contributed by atoms with Crippen LogP contribution in [0.4, 0.5) is 0 Å². The zero-order valence-corrected chi connectivity index (χ0v) is 12.4. The van der Waals surface area contributed by atoms with Gasteiger partial charge in [-0.25, -0.2) is 9.50 Å². The molecule has 3 aromatic rings. The molecular weight excluding hydrogens is 262 g/mol. The number of benzene rings is 1. The van der Waals surface area contributed by atoms with Crippen molar-refractivity contribution in [1.82, 2.24) is 14.6 Å². The Morgan fingerprint density at radius 3 is 2.52 bits per heavy atom. The first-order valence-electron chi connectivity index (χ1n) is 7.01. The lowest BCUT2D eigenvalue weighted by Crippen LogP contribution is -2.00. The van der Waals surface area contributed by atoms with Crippen LogP contribution in [0.2, 0.25) is 0 Å². The van der Waals surface area contributed by atoms with Gasteiger partial charge in [-0.2, -0.15) is 5.10 Å². The monoisotopic (exact) mass is 279 g/mol. The molecule has 0 spiro atoms. The number of aromatic nitrogens is 3. The molecule has 0 amide bonds. The summed E-state index contributed by atoms with van der Waals surface area (Å²) in [6.45, 7) is 6.29. The molecule has 0 aliphatic heterocycles. The van der Waals surface area contributed by atoms with E-state index in [1.54, 1.807) is 10.7 Å². The summed E-state index contributed by atoms with van der Waals surface area (Å²) in [6, 6.07) is 10.3. The SMILES string of the molecule is Cc1ccc(-c2cc(C(C)C)c3nc(C=O)cn3n2)cc1. The average Bonchev–Trinajstić information content (AvgIpc) is 2.89. The van der Waals surface area contributed by atoms with E-state index in [0.717, 1.165) is 28.8 Å². The zero-order valence-electron chi connectivity index (χ0n) is 12.4. The van der Waals surface area contributed by atoms with Gasteiger partial charge in [-0.15, -0.1) is 0 Å². The van der Waals surface area contributed by atoms with E-state index < -0.39 is 0 Å². The van der Waals surface area contributed by atoms with Crippen LogP contribution in [0, 0.1) is 6.92 Å². The van der Waals surface area contributed by atoms with Crippen LogP contribution in [0.5, 0.6) is 0 Å². The van der Waals surface area contributed by atoms with Crippen LogP contribution in [0.15, 0.2) is 36.5 Å². The maximum Gasteiger partial charge on any atom is 0.170 e. The fourth-order valence-electron chi connectivity index (χ4n) is 2.37. The van der Waals surface area contributed by atoms with Crippen LogP contribution >= 0.6 is 0 Å². The third kappa shape index (κ3) is 2.44. The number of nitrogens with zero attached hydrogens (tertiary/aromatic N) is 3. The third-order valence-electron chi connectivity index (χ3n) is 3.56. The average molecular weight is 279 g/mol. The van der Waals surface area contributed by atoms with Gasteiger partial charge < -0.3 is 0 Å². The number of carbonyl (C=O) groups excluding carboxylic acids is 1. The fraction of sp³-hybridized carbons (Fsp3) is 0.235. The molecule has 2 aromatic heterocycles. The molecular formula is C17H17N3O. The minimum Gasteiger partial charge on any atom is -0.296 e. The predicted molar refractivity (Wildman–Crippen MR) is 82.6 cm³/mol. The molecule has 2 heterocycles. The van der Waals surface area contributed by atoms with Crippen LogP contribution in [0.1, 0.15) is 41.4 Å². The van der Waals surface area contributed by atoms with Crippen molar-refractivity contribution >= 4 is 11.9 Å². The summed E-state index contributed by atoms with van der Waals surface area (Å²) in [5, 5.41) is 4.58. The standard InChI is InChI=1S/C17H17N3O/c1-11(2)15-8-16(13-6-4-12(3)5-7-13)19-20-9-14(10-21)18-17(15)20/h4-11H,1-3H3. The lowest BCUT2D eigenvalue weighted by atomic mass is 10.0. The molecule has 3 rings (SSSR count). The topological polar surface area (TPSA) is 47.3 Å². The molecule has 1 aromatic carbocycles. The Morgan fingerprint density at radius 2 is 1.90 bits per heavy atom. The highest BCUT2D eigenvalue weighted by atomic mass is 16.1. The van der Waals surface area contributed by atoms with Gasteiger partial charge in [0.05, 0.1) is 11.9 Å². The molecule has 0 aliphatic rings. The van der Waals surface area contributed by atoms with Gasteiger partial charge in [-0.05, 0) is 18.9 Å². The highest BCUT2D eigenvalue weighted by Crippen LogP contribution is 2.25. The van der Waals surface area contributed by atoms with E-state index >= 15 is 0 Å². The maximum atomic E-state index is 10.9. The Labute approximate surface area is 123 Å². The second kappa shape index (κ2) is 5.13. The van der Waals surface area contributed by atoms with Gasteiger partial charge in [0.2, 0.25) is 0 Å². The predicted octanol–water partition coefficient (Wildman–Crippen LogP) is 3.64. The number of aryl methyl sites for hydroxylation is 1. The first-order valence-corrected chi connectivity index (χ1v) is 7.01. The van der Waals surface area contributed by atoms with Gasteiger partial charge >= 0.3 is 0 Å². The van der Waals surface area contributed by atoms with Crippen molar-refractivity contribution in [3.63, 3.8) is 0 Å². The summed E-state index contributed by atoms with van der Waals surface area (Å²) in [4.78, 5) is 15.3. The maximum absolute atomic E-state index is 10.9. The van der Waals surface area contributed by atoms with Crippen molar-refractivity contribution < 1.29 is 4.79 Å².